The summed E-state index contributed by atoms with van der Waals surface area (Å²) in [4.78, 5) is 29.2. The highest BCUT2D eigenvalue weighted by Gasteiger charge is 2.30. The maximum atomic E-state index is 13.9. The molecule has 3 aromatic rings. The molecule has 3 rings (SSSR count). The first-order valence-corrected chi connectivity index (χ1v) is 16.7. The van der Waals surface area contributed by atoms with E-state index in [9.17, 15) is 18.0 Å². The molecule has 0 saturated carbocycles. The number of nitrogens with one attached hydrogen (secondary N) is 1. The van der Waals surface area contributed by atoms with Crippen LogP contribution in [0.4, 0.5) is 5.69 Å². The van der Waals surface area contributed by atoms with Gasteiger partial charge in [0.05, 0.1) is 24.1 Å². The van der Waals surface area contributed by atoms with E-state index < -0.39 is 16.1 Å². The Kier molecular flexibility index (Phi) is 12.9. The standard InChI is InChI=1S/C33H42ClN3O5S/c1-5-6-19-35-33(39)30(22-26-13-8-7-9-14-26)36(24-27-15-10-12-25(2)21-27)32(38)16-11-20-37(43(4,40)41)28-17-18-31(42-3)29(34)23-28/h7-10,12-15,17-18,21,23,30H,5-6,11,16,19-20,22,24H2,1-4H3,(H,35,39). The van der Waals surface area contributed by atoms with Crippen molar-refractivity contribution in [1.82, 2.24) is 10.2 Å². The molecule has 8 nitrogen and oxygen atoms in total. The van der Waals surface area contributed by atoms with Crippen LogP contribution in [0.5, 0.6) is 5.75 Å². The molecule has 0 bridgehead atoms. The number of nitrogens with zero attached hydrogens (tertiary/aromatic N) is 2. The Bertz CT molecular complexity index is 1470. The zero-order valence-electron chi connectivity index (χ0n) is 25.4. The summed E-state index contributed by atoms with van der Waals surface area (Å²) in [5.41, 5.74) is 3.30. The smallest absolute Gasteiger partial charge is 0.243 e. The van der Waals surface area contributed by atoms with Crippen LogP contribution in [-0.2, 0) is 32.6 Å². The number of carbonyl (C=O) groups excluding carboxylic acids is 2. The highest BCUT2D eigenvalue weighted by molar-refractivity contribution is 7.92. The average Bonchev–Trinajstić information content (AvgIpc) is 2.97. The number of ether oxygens (including phenoxy) is 1. The van der Waals surface area contributed by atoms with Crippen LogP contribution in [0.1, 0.15) is 49.3 Å². The van der Waals surface area contributed by atoms with E-state index in [-0.39, 0.29) is 42.8 Å². The van der Waals surface area contributed by atoms with Gasteiger partial charge in [-0.15, -0.1) is 0 Å². The Morgan fingerprint density at radius 1 is 0.977 bits per heavy atom. The van der Waals surface area contributed by atoms with Gasteiger partial charge in [-0.05, 0) is 49.1 Å². The number of sulfonamides is 1. The van der Waals surface area contributed by atoms with E-state index in [1.807, 2.05) is 61.5 Å². The Labute approximate surface area is 261 Å². The maximum absolute atomic E-state index is 13.9. The number of aryl methyl sites for hydroxylation is 1. The second kappa shape index (κ2) is 16.3. The van der Waals surface area contributed by atoms with Crippen molar-refractivity contribution in [1.29, 1.82) is 0 Å². The van der Waals surface area contributed by atoms with Gasteiger partial charge in [0, 0.05) is 32.5 Å². The SMILES string of the molecule is CCCCNC(=O)C(Cc1ccccc1)N(Cc1cccc(C)c1)C(=O)CCCN(c1ccc(OC)c(Cl)c1)S(C)(=O)=O. The third kappa shape index (κ3) is 10.3. The van der Waals surface area contributed by atoms with Gasteiger partial charge in [0.1, 0.15) is 11.8 Å². The number of carbonyl (C=O) groups is 2. The summed E-state index contributed by atoms with van der Waals surface area (Å²) in [5, 5.41) is 3.31. The molecule has 0 heterocycles. The molecule has 3 aromatic carbocycles. The molecule has 43 heavy (non-hydrogen) atoms. The Morgan fingerprint density at radius 3 is 2.33 bits per heavy atom. The zero-order chi connectivity index (χ0) is 31.4. The number of hydrogen-bond acceptors (Lipinski definition) is 5. The van der Waals surface area contributed by atoms with Gasteiger partial charge < -0.3 is 15.0 Å². The molecule has 0 aliphatic rings. The molecule has 232 valence electrons. The van der Waals surface area contributed by atoms with Gasteiger partial charge in [-0.2, -0.15) is 0 Å². The molecule has 0 aliphatic carbocycles. The number of anilines is 1. The number of rotatable bonds is 16. The van der Waals surface area contributed by atoms with Crippen molar-refractivity contribution in [3.8, 4) is 5.75 Å². The Hall–Kier alpha value is -3.56. The second-order valence-corrected chi connectivity index (χ2v) is 12.9. The molecule has 0 aromatic heterocycles. The van der Waals surface area contributed by atoms with Crippen molar-refractivity contribution in [3.05, 3.63) is 94.5 Å². The molecular formula is C33H42ClN3O5S. The van der Waals surface area contributed by atoms with Gasteiger partial charge in [-0.1, -0.05) is 85.1 Å². The molecule has 2 amide bonds. The highest BCUT2D eigenvalue weighted by atomic mass is 35.5. The fourth-order valence-corrected chi connectivity index (χ4v) is 6.09. The summed E-state index contributed by atoms with van der Waals surface area (Å²) in [5.74, 6) is 0.000689. The largest absolute Gasteiger partial charge is 0.495 e. The van der Waals surface area contributed by atoms with Crippen molar-refractivity contribution < 1.29 is 22.7 Å². The van der Waals surface area contributed by atoms with E-state index in [4.69, 9.17) is 16.3 Å². The molecule has 1 unspecified atom stereocenters. The number of benzene rings is 3. The summed E-state index contributed by atoms with van der Waals surface area (Å²) in [7, 11) is -2.18. The molecule has 1 atom stereocenters. The van der Waals surface area contributed by atoms with Crippen LogP contribution in [0.25, 0.3) is 0 Å². The fraction of sp³-hybridized carbons (Fsp3) is 0.394. The minimum atomic E-state index is -3.66. The number of hydrogen-bond donors (Lipinski definition) is 1. The molecule has 1 N–H and O–H groups in total. The lowest BCUT2D eigenvalue weighted by atomic mass is 10.0. The lowest BCUT2D eigenvalue weighted by Gasteiger charge is -2.32. The minimum Gasteiger partial charge on any atom is -0.495 e. The summed E-state index contributed by atoms with van der Waals surface area (Å²) < 4.78 is 31.8. The maximum Gasteiger partial charge on any atom is 0.243 e. The number of methoxy groups -OCH3 is 1. The number of amides is 2. The predicted molar refractivity (Wildman–Crippen MR) is 173 cm³/mol. The normalized spacial score (nSPS) is 11.9. The van der Waals surface area contributed by atoms with Crippen LogP contribution >= 0.6 is 11.6 Å². The summed E-state index contributed by atoms with van der Waals surface area (Å²) in [6.45, 7) is 4.89. The molecule has 0 fully saturated rings. The molecule has 10 heteroatoms. The van der Waals surface area contributed by atoms with Crippen LogP contribution in [-0.4, -0.2) is 57.6 Å². The van der Waals surface area contributed by atoms with Gasteiger partial charge >= 0.3 is 0 Å². The van der Waals surface area contributed by atoms with E-state index in [0.717, 1.165) is 35.8 Å². The first-order chi connectivity index (χ1) is 20.5. The van der Waals surface area contributed by atoms with Gasteiger partial charge in [0.2, 0.25) is 21.8 Å². The van der Waals surface area contributed by atoms with Crippen LogP contribution in [0.2, 0.25) is 5.02 Å². The van der Waals surface area contributed by atoms with Crippen LogP contribution in [0.15, 0.2) is 72.8 Å². The lowest BCUT2D eigenvalue weighted by molar-refractivity contribution is -0.141. The summed E-state index contributed by atoms with van der Waals surface area (Å²) >= 11 is 6.27. The van der Waals surface area contributed by atoms with Crippen molar-refractivity contribution in [2.24, 2.45) is 0 Å². The van der Waals surface area contributed by atoms with Crippen LogP contribution in [0.3, 0.4) is 0 Å². The molecule has 0 aliphatic heterocycles. The van der Waals surface area contributed by atoms with Crippen LogP contribution in [0, 0.1) is 6.92 Å². The van der Waals surface area contributed by atoms with E-state index in [0.29, 0.717) is 24.4 Å². The van der Waals surface area contributed by atoms with Gasteiger partial charge in [0.15, 0.2) is 0 Å². The number of halogens is 1. The molecular weight excluding hydrogens is 586 g/mol. The Morgan fingerprint density at radius 2 is 1.70 bits per heavy atom. The van der Waals surface area contributed by atoms with E-state index in [2.05, 4.69) is 12.2 Å². The monoisotopic (exact) mass is 627 g/mol. The minimum absolute atomic E-state index is 0.0508. The van der Waals surface area contributed by atoms with E-state index in [1.165, 1.54) is 17.5 Å². The van der Waals surface area contributed by atoms with E-state index >= 15 is 0 Å². The van der Waals surface area contributed by atoms with Crippen molar-refractivity contribution in [2.75, 3.05) is 30.8 Å². The second-order valence-electron chi connectivity index (χ2n) is 10.6. The topological polar surface area (TPSA) is 96.0 Å². The highest BCUT2D eigenvalue weighted by Crippen LogP contribution is 2.30. The predicted octanol–water partition coefficient (Wildman–Crippen LogP) is 5.76. The fourth-order valence-electron chi connectivity index (χ4n) is 4.88. The van der Waals surface area contributed by atoms with Gasteiger partial charge in [-0.3, -0.25) is 13.9 Å². The lowest BCUT2D eigenvalue weighted by Crippen LogP contribution is -2.50. The molecule has 0 saturated heterocycles. The van der Waals surface area contributed by atoms with Gasteiger partial charge in [0.25, 0.3) is 0 Å². The zero-order valence-corrected chi connectivity index (χ0v) is 27.0. The molecule has 0 radical (unpaired) electrons. The average molecular weight is 628 g/mol. The summed E-state index contributed by atoms with van der Waals surface area (Å²) in [6.07, 6.45) is 3.55. The molecule has 0 spiro atoms. The first-order valence-electron chi connectivity index (χ1n) is 14.5. The van der Waals surface area contributed by atoms with Gasteiger partial charge in [-0.25, -0.2) is 8.42 Å². The van der Waals surface area contributed by atoms with Crippen molar-refractivity contribution in [2.45, 2.75) is 58.5 Å². The van der Waals surface area contributed by atoms with Crippen molar-refractivity contribution >= 4 is 39.1 Å². The Balaban J connectivity index is 1.88. The van der Waals surface area contributed by atoms with E-state index in [1.54, 1.807) is 17.0 Å². The third-order valence-corrected chi connectivity index (χ3v) is 8.60. The summed E-state index contributed by atoms with van der Waals surface area (Å²) in [6, 6.07) is 21.5. The third-order valence-electron chi connectivity index (χ3n) is 7.11. The van der Waals surface area contributed by atoms with Crippen molar-refractivity contribution in [3.63, 3.8) is 0 Å². The quantitative estimate of drug-likeness (QED) is 0.204. The van der Waals surface area contributed by atoms with Crippen LogP contribution < -0.4 is 14.4 Å². The first kappa shape index (κ1) is 33.9. The number of unbranched alkanes of at least 4 members (excludes halogenated alkanes) is 1.